The first-order valence-electron chi connectivity index (χ1n) is 10.7. The SMILES string of the molecule is O=[C]CCCCCOP(=O)(O)OC1CCC(c2ccccc2)(c2ccccc2)CC1. The van der Waals surface area contributed by atoms with Crippen molar-refractivity contribution in [3.05, 3.63) is 71.8 Å². The molecule has 161 valence electrons. The Morgan fingerprint density at radius 1 is 0.933 bits per heavy atom. The van der Waals surface area contributed by atoms with Gasteiger partial charge in [-0.1, -0.05) is 67.1 Å². The van der Waals surface area contributed by atoms with Crippen LogP contribution in [0.25, 0.3) is 0 Å². The Labute approximate surface area is 179 Å². The van der Waals surface area contributed by atoms with Crippen LogP contribution < -0.4 is 0 Å². The molecule has 1 aliphatic rings. The highest BCUT2D eigenvalue weighted by molar-refractivity contribution is 7.47. The van der Waals surface area contributed by atoms with Crippen molar-refractivity contribution in [1.82, 2.24) is 0 Å². The predicted octanol–water partition coefficient (Wildman–Crippen LogP) is 5.72. The van der Waals surface area contributed by atoms with Gasteiger partial charge in [0.05, 0.1) is 12.7 Å². The Morgan fingerprint density at radius 2 is 1.50 bits per heavy atom. The van der Waals surface area contributed by atoms with E-state index in [1.165, 1.54) is 11.1 Å². The Hall–Kier alpha value is -1.78. The van der Waals surface area contributed by atoms with Crippen LogP contribution in [0.2, 0.25) is 0 Å². The van der Waals surface area contributed by atoms with E-state index in [2.05, 4.69) is 48.5 Å². The monoisotopic (exact) mass is 429 g/mol. The van der Waals surface area contributed by atoms with Gasteiger partial charge in [0.25, 0.3) is 0 Å². The maximum atomic E-state index is 12.3. The summed E-state index contributed by atoms with van der Waals surface area (Å²) < 4.78 is 22.9. The molecule has 6 heteroatoms. The molecule has 0 heterocycles. The zero-order valence-corrected chi connectivity index (χ0v) is 18.1. The number of hydrogen-bond acceptors (Lipinski definition) is 4. The fraction of sp³-hybridized carbons (Fsp3) is 0.458. The molecule has 0 aliphatic heterocycles. The lowest BCUT2D eigenvalue weighted by Gasteiger charge is -2.41. The van der Waals surface area contributed by atoms with E-state index in [4.69, 9.17) is 9.05 Å². The summed E-state index contributed by atoms with van der Waals surface area (Å²) in [5.41, 5.74) is 2.43. The minimum absolute atomic E-state index is 0.113. The number of unbranched alkanes of at least 4 members (excludes halogenated alkanes) is 3. The molecular weight excluding hydrogens is 399 g/mol. The summed E-state index contributed by atoms with van der Waals surface area (Å²) in [4.78, 5) is 20.3. The van der Waals surface area contributed by atoms with E-state index in [0.717, 1.165) is 19.3 Å². The van der Waals surface area contributed by atoms with Crippen molar-refractivity contribution in [2.75, 3.05) is 6.61 Å². The summed E-state index contributed by atoms with van der Waals surface area (Å²) in [5, 5.41) is 0. The fourth-order valence-corrected chi connectivity index (χ4v) is 5.33. The van der Waals surface area contributed by atoms with Gasteiger partial charge in [-0.2, -0.15) is 0 Å². The normalized spacial score (nSPS) is 18.6. The van der Waals surface area contributed by atoms with E-state index in [0.29, 0.717) is 32.1 Å². The number of carbonyl (C=O) groups excluding carboxylic acids is 1. The van der Waals surface area contributed by atoms with Crippen LogP contribution in [0.5, 0.6) is 0 Å². The zero-order chi connectivity index (χ0) is 21.3. The lowest BCUT2D eigenvalue weighted by molar-refractivity contribution is 0.0696. The van der Waals surface area contributed by atoms with Gasteiger partial charge in [-0.05, 0) is 49.7 Å². The molecule has 0 aromatic heterocycles. The van der Waals surface area contributed by atoms with Crippen molar-refractivity contribution >= 4 is 14.1 Å². The fourth-order valence-electron chi connectivity index (χ4n) is 4.32. The molecule has 0 spiro atoms. The molecule has 0 amide bonds. The summed E-state index contributed by atoms with van der Waals surface area (Å²) in [5.74, 6) is 0. The van der Waals surface area contributed by atoms with E-state index < -0.39 is 7.82 Å². The van der Waals surface area contributed by atoms with Crippen molar-refractivity contribution in [2.24, 2.45) is 0 Å². The number of benzene rings is 2. The molecular formula is C24H30O5P. The summed E-state index contributed by atoms with van der Waals surface area (Å²) in [6.45, 7) is 0.150. The Kier molecular flexibility index (Phi) is 8.41. The number of phosphoric ester groups is 1. The van der Waals surface area contributed by atoms with Gasteiger partial charge in [-0.15, -0.1) is 0 Å². The Bertz CT molecular complexity index is 775. The van der Waals surface area contributed by atoms with Gasteiger partial charge in [-0.3, -0.25) is 13.8 Å². The quantitative estimate of drug-likeness (QED) is 0.365. The predicted molar refractivity (Wildman–Crippen MR) is 117 cm³/mol. The summed E-state index contributed by atoms with van der Waals surface area (Å²) in [6.07, 6.45) is 7.08. The molecule has 0 bridgehead atoms. The molecule has 3 rings (SSSR count). The largest absolute Gasteiger partial charge is 0.472 e. The van der Waals surface area contributed by atoms with E-state index in [1.807, 2.05) is 18.4 Å². The van der Waals surface area contributed by atoms with Crippen LogP contribution in [0.4, 0.5) is 0 Å². The van der Waals surface area contributed by atoms with Crippen LogP contribution in [0.1, 0.15) is 62.5 Å². The van der Waals surface area contributed by atoms with Crippen molar-refractivity contribution in [1.29, 1.82) is 0 Å². The second-order valence-electron chi connectivity index (χ2n) is 7.88. The summed E-state index contributed by atoms with van der Waals surface area (Å²) in [6, 6.07) is 20.9. The van der Waals surface area contributed by atoms with Gasteiger partial charge >= 0.3 is 7.82 Å². The van der Waals surface area contributed by atoms with Crippen molar-refractivity contribution in [3.63, 3.8) is 0 Å². The van der Waals surface area contributed by atoms with Crippen LogP contribution in [0.3, 0.4) is 0 Å². The van der Waals surface area contributed by atoms with Gasteiger partial charge in [0, 0.05) is 11.8 Å². The molecule has 1 saturated carbocycles. The third-order valence-electron chi connectivity index (χ3n) is 5.90. The zero-order valence-electron chi connectivity index (χ0n) is 17.2. The highest BCUT2D eigenvalue weighted by atomic mass is 31.2. The molecule has 1 aliphatic carbocycles. The first-order valence-corrected chi connectivity index (χ1v) is 12.2. The number of phosphoric acid groups is 1. The van der Waals surface area contributed by atoms with Gasteiger partial charge in [-0.25, -0.2) is 4.57 Å². The first kappa shape index (κ1) is 22.9. The van der Waals surface area contributed by atoms with E-state index >= 15 is 0 Å². The van der Waals surface area contributed by atoms with Gasteiger partial charge in [0.1, 0.15) is 0 Å². The minimum atomic E-state index is -4.08. The molecule has 2 aromatic rings. The smallest absolute Gasteiger partial charge is 0.302 e. The topological polar surface area (TPSA) is 72.8 Å². The Balaban J connectivity index is 1.59. The average molecular weight is 429 g/mol. The third kappa shape index (κ3) is 6.12. The molecule has 1 fully saturated rings. The summed E-state index contributed by atoms with van der Waals surface area (Å²) >= 11 is 0. The first-order chi connectivity index (χ1) is 14.6. The summed E-state index contributed by atoms with van der Waals surface area (Å²) in [7, 11) is -4.08. The second-order valence-corrected chi connectivity index (χ2v) is 9.28. The molecule has 5 nitrogen and oxygen atoms in total. The highest BCUT2D eigenvalue weighted by Gasteiger charge is 2.40. The molecule has 30 heavy (non-hydrogen) atoms. The maximum absolute atomic E-state index is 12.3. The average Bonchev–Trinajstić information content (AvgIpc) is 2.78. The maximum Gasteiger partial charge on any atom is 0.472 e. The van der Waals surface area contributed by atoms with Gasteiger partial charge in [0.2, 0.25) is 0 Å². The molecule has 1 atom stereocenters. The number of rotatable bonds is 11. The lowest BCUT2D eigenvalue weighted by atomic mass is 9.65. The molecule has 1 unspecified atom stereocenters. The van der Waals surface area contributed by atoms with E-state index in [1.54, 1.807) is 0 Å². The van der Waals surface area contributed by atoms with Crippen molar-refractivity contribution in [2.45, 2.75) is 62.9 Å². The van der Waals surface area contributed by atoms with Crippen LogP contribution in [-0.2, 0) is 23.8 Å². The second kappa shape index (κ2) is 11.0. The van der Waals surface area contributed by atoms with Crippen LogP contribution in [-0.4, -0.2) is 23.9 Å². The van der Waals surface area contributed by atoms with E-state index in [-0.39, 0.29) is 18.1 Å². The minimum Gasteiger partial charge on any atom is -0.302 e. The van der Waals surface area contributed by atoms with Gasteiger partial charge < -0.3 is 4.89 Å². The third-order valence-corrected chi connectivity index (χ3v) is 6.97. The molecule has 1 radical (unpaired) electrons. The van der Waals surface area contributed by atoms with Crippen molar-refractivity contribution in [3.8, 4) is 0 Å². The molecule has 2 aromatic carbocycles. The molecule has 0 saturated heterocycles. The number of hydrogen-bond donors (Lipinski definition) is 1. The van der Waals surface area contributed by atoms with Crippen LogP contribution in [0.15, 0.2) is 60.7 Å². The molecule has 1 N–H and O–H groups in total. The Morgan fingerprint density at radius 3 is 2.03 bits per heavy atom. The van der Waals surface area contributed by atoms with Crippen LogP contribution in [0, 0.1) is 0 Å². The standard InChI is InChI=1S/C24H30O5P/c25-19-9-1-2-10-20-28-30(26,27)29-23-15-17-24(18-16-23,21-11-5-3-6-12-21)22-13-7-4-8-14-22/h3-8,11-14,23H,1-2,9-10,15-18,20H2,(H,26,27). The van der Waals surface area contributed by atoms with Crippen molar-refractivity contribution < 1.29 is 23.3 Å². The van der Waals surface area contributed by atoms with Gasteiger partial charge in [0.15, 0.2) is 6.29 Å². The van der Waals surface area contributed by atoms with Crippen LogP contribution >= 0.6 is 7.82 Å². The van der Waals surface area contributed by atoms with E-state index in [9.17, 15) is 14.3 Å². The highest BCUT2D eigenvalue weighted by Crippen LogP contribution is 2.51. The lowest BCUT2D eigenvalue weighted by Crippen LogP contribution is -2.35.